The van der Waals surface area contributed by atoms with Crippen LogP contribution in [0.5, 0.6) is 5.75 Å². The van der Waals surface area contributed by atoms with Gasteiger partial charge in [-0.25, -0.2) is 4.98 Å². The van der Waals surface area contributed by atoms with Crippen LogP contribution in [0.1, 0.15) is 36.1 Å². The fourth-order valence-corrected chi connectivity index (χ4v) is 3.39. The molecule has 0 radical (unpaired) electrons. The molecule has 1 aromatic heterocycles. The van der Waals surface area contributed by atoms with Crippen molar-refractivity contribution in [1.82, 2.24) is 4.98 Å². The summed E-state index contributed by atoms with van der Waals surface area (Å²) < 4.78 is 0. The smallest absolute Gasteiger partial charge is 0.267 e. The molecule has 8 heteroatoms. The van der Waals surface area contributed by atoms with Crippen LogP contribution in [-0.4, -0.2) is 28.4 Å². The van der Waals surface area contributed by atoms with Crippen LogP contribution in [0.2, 0.25) is 5.02 Å². The first-order valence-electron chi connectivity index (χ1n) is 7.74. The van der Waals surface area contributed by atoms with E-state index in [-0.39, 0.29) is 23.3 Å². The Balaban J connectivity index is 2.28. The van der Waals surface area contributed by atoms with E-state index in [0.29, 0.717) is 27.3 Å². The lowest BCUT2D eigenvalue weighted by molar-refractivity contribution is -0.116. The molecule has 0 aliphatic carbocycles. The van der Waals surface area contributed by atoms with E-state index in [9.17, 15) is 14.7 Å². The highest BCUT2D eigenvalue weighted by atomic mass is 35.5. The maximum absolute atomic E-state index is 12.5. The Labute approximate surface area is 155 Å². The van der Waals surface area contributed by atoms with Gasteiger partial charge in [0.2, 0.25) is 5.91 Å². The van der Waals surface area contributed by atoms with Gasteiger partial charge in [-0.05, 0) is 31.0 Å². The number of phenolic OH excluding ortho intramolecular Hbond substituents is 1. The molecule has 2 aromatic rings. The van der Waals surface area contributed by atoms with Crippen molar-refractivity contribution in [1.29, 1.82) is 0 Å². The molecule has 0 aliphatic rings. The number of benzene rings is 1. The molecule has 0 atom stereocenters. The van der Waals surface area contributed by atoms with E-state index < -0.39 is 5.91 Å². The summed E-state index contributed by atoms with van der Waals surface area (Å²) in [6.45, 7) is 7.72. The molecule has 1 heterocycles. The van der Waals surface area contributed by atoms with Crippen molar-refractivity contribution in [3.63, 3.8) is 0 Å². The molecular formula is C17H20ClN3O3S. The first kappa shape index (κ1) is 19.2. The summed E-state index contributed by atoms with van der Waals surface area (Å²) >= 11 is 7.03. The standard InChI is InChI=1S/C17H20ClN3O3S/c1-9(2)8-21(11(4)22)17-19-10(3)15(25-17)16(24)20-13-7-12(18)5-6-14(13)23/h5-7,9,23H,8H2,1-4H3,(H,20,24). The number of halogens is 1. The molecule has 0 saturated carbocycles. The van der Waals surface area contributed by atoms with E-state index >= 15 is 0 Å². The average Bonchev–Trinajstić information content (AvgIpc) is 2.89. The second-order valence-electron chi connectivity index (χ2n) is 6.05. The molecule has 0 aliphatic heterocycles. The maximum atomic E-state index is 12.5. The number of thiazole rings is 1. The number of aromatic nitrogens is 1. The molecule has 134 valence electrons. The molecule has 2 amide bonds. The van der Waals surface area contributed by atoms with E-state index in [1.807, 2.05) is 13.8 Å². The molecule has 0 saturated heterocycles. The number of nitrogens with zero attached hydrogens (tertiary/aromatic N) is 2. The predicted octanol–water partition coefficient (Wildman–Crippen LogP) is 4.07. The molecule has 0 bridgehead atoms. The summed E-state index contributed by atoms with van der Waals surface area (Å²) in [6, 6.07) is 4.40. The van der Waals surface area contributed by atoms with Crippen molar-refractivity contribution in [3.8, 4) is 5.75 Å². The Bertz CT molecular complexity index is 804. The van der Waals surface area contributed by atoms with Crippen LogP contribution < -0.4 is 10.2 Å². The molecule has 0 spiro atoms. The minimum atomic E-state index is -0.410. The highest BCUT2D eigenvalue weighted by Crippen LogP contribution is 2.30. The van der Waals surface area contributed by atoms with Crippen LogP contribution in [0.3, 0.4) is 0 Å². The monoisotopic (exact) mass is 381 g/mol. The van der Waals surface area contributed by atoms with Crippen molar-refractivity contribution < 1.29 is 14.7 Å². The number of aryl methyl sites for hydroxylation is 1. The number of anilines is 2. The summed E-state index contributed by atoms with van der Waals surface area (Å²) in [5.41, 5.74) is 0.742. The Morgan fingerprint density at radius 1 is 1.40 bits per heavy atom. The van der Waals surface area contributed by atoms with Crippen LogP contribution in [0.25, 0.3) is 0 Å². The Morgan fingerprint density at radius 2 is 2.08 bits per heavy atom. The van der Waals surface area contributed by atoms with Crippen LogP contribution in [0, 0.1) is 12.8 Å². The minimum absolute atomic E-state index is 0.0784. The van der Waals surface area contributed by atoms with Crippen LogP contribution >= 0.6 is 22.9 Å². The largest absolute Gasteiger partial charge is 0.506 e. The second-order valence-corrected chi connectivity index (χ2v) is 7.46. The van der Waals surface area contributed by atoms with Crippen LogP contribution in [-0.2, 0) is 4.79 Å². The normalized spacial score (nSPS) is 10.8. The van der Waals surface area contributed by atoms with Gasteiger partial charge in [-0.2, -0.15) is 0 Å². The number of phenols is 1. The Morgan fingerprint density at radius 3 is 2.68 bits per heavy atom. The quantitative estimate of drug-likeness (QED) is 0.764. The molecule has 2 rings (SSSR count). The number of amides is 2. The zero-order chi connectivity index (χ0) is 18.7. The van der Waals surface area contributed by atoms with Crippen LogP contribution in [0.4, 0.5) is 10.8 Å². The van der Waals surface area contributed by atoms with Gasteiger partial charge in [0.05, 0.1) is 11.4 Å². The molecule has 25 heavy (non-hydrogen) atoms. The number of hydrogen-bond donors (Lipinski definition) is 2. The third kappa shape index (κ3) is 4.70. The second kappa shape index (κ2) is 7.84. The average molecular weight is 382 g/mol. The van der Waals surface area contributed by atoms with Crippen molar-refractivity contribution >= 4 is 45.6 Å². The Hall–Kier alpha value is -2.12. The zero-order valence-corrected chi connectivity index (χ0v) is 16.0. The lowest BCUT2D eigenvalue weighted by atomic mass is 10.2. The van der Waals surface area contributed by atoms with Crippen LogP contribution in [0.15, 0.2) is 18.2 Å². The molecule has 1 aromatic carbocycles. The summed E-state index contributed by atoms with van der Waals surface area (Å²) in [4.78, 5) is 30.7. The number of carbonyl (C=O) groups is 2. The third-order valence-corrected chi connectivity index (χ3v) is 4.77. The highest BCUT2D eigenvalue weighted by molar-refractivity contribution is 7.17. The summed E-state index contributed by atoms with van der Waals surface area (Å²) in [5, 5.41) is 13.3. The molecule has 6 nitrogen and oxygen atoms in total. The van der Waals surface area contributed by atoms with Gasteiger partial charge in [-0.1, -0.05) is 36.8 Å². The first-order chi connectivity index (χ1) is 11.7. The van der Waals surface area contributed by atoms with Gasteiger partial charge >= 0.3 is 0 Å². The lowest BCUT2D eigenvalue weighted by Crippen LogP contribution is -2.32. The van der Waals surface area contributed by atoms with Gasteiger partial charge in [0.1, 0.15) is 10.6 Å². The predicted molar refractivity (Wildman–Crippen MR) is 101 cm³/mol. The Kier molecular flexibility index (Phi) is 6.02. The number of nitrogens with one attached hydrogen (secondary N) is 1. The summed E-state index contributed by atoms with van der Waals surface area (Å²) in [6.07, 6.45) is 0. The third-order valence-electron chi connectivity index (χ3n) is 3.36. The lowest BCUT2D eigenvalue weighted by Gasteiger charge is -2.19. The molecule has 2 N–H and O–H groups in total. The van der Waals surface area contributed by atoms with Gasteiger partial charge in [0.25, 0.3) is 5.91 Å². The zero-order valence-electron chi connectivity index (χ0n) is 14.5. The number of carbonyl (C=O) groups excluding carboxylic acids is 2. The van der Waals surface area contributed by atoms with E-state index in [0.717, 1.165) is 11.3 Å². The topological polar surface area (TPSA) is 82.5 Å². The van der Waals surface area contributed by atoms with E-state index in [1.54, 1.807) is 11.8 Å². The van der Waals surface area contributed by atoms with Gasteiger partial charge in [-0.3, -0.25) is 14.5 Å². The molecular weight excluding hydrogens is 362 g/mol. The van der Waals surface area contributed by atoms with E-state index in [1.165, 1.54) is 25.1 Å². The summed E-state index contributed by atoms with van der Waals surface area (Å²) in [5.74, 6) is -0.340. The van der Waals surface area contributed by atoms with Crippen molar-refractivity contribution in [2.45, 2.75) is 27.7 Å². The number of hydrogen-bond acceptors (Lipinski definition) is 5. The van der Waals surface area contributed by atoms with E-state index in [2.05, 4.69) is 10.3 Å². The number of rotatable bonds is 5. The van der Waals surface area contributed by atoms with Crippen molar-refractivity contribution in [2.75, 3.05) is 16.8 Å². The molecule has 0 fully saturated rings. The van der Waals surface area contributed by atoms with Gasteiger partial charge in [0, 0.05) is 18.5 Å². The maximum Gasteiger partial charge on any atom is 0.267 e. The molecule has 0 unspecified atom stereocenters. The van der Waals surface area contributed by atoms with Gasteiger partial charge < -0.3 is 10.4 Å². The number of aromatic hydroxyl groups is 1. The fraction of sp³-hybridized carbons (Fsp3) is 0.353. The van der Waals surface area contributed by atoms with Gasteiger partial charge in [-0.15, -0.1) is 0 Å². The van der Waals surface area contributed by atoms with Crippen molar-refractivity contribution in [2.24, 2.45) is 5.92 Å². The van der Waals surface area contributed by atoms with Gasteiger partial charge in [0.15, 0.2) is 5.13 Å². The SMILES string of the molecule is CC(=O)N(CC(C)C)c1nc(C)c(C(=O)Nc2cc(Cl)ccc2O)s1. The highest BCUT2D eigenvalue weighted by Gasteiger charge is 2.22. The van der Waals surface area contributed by atoms with Crippen molar-refractivity contribution in [3.05, 3.63) is 33.8 Å². The first-order valence-corrected chi connectivity index (χ1v) is 8.94. The fourth-order valence-electron chi connectivity index (χ4n) is 2.20. The van der Waals surface area contributed by atoms with E-state index in [4.69, 9.17) is 11.6 Å². The minimum Gasteiger partial charge on any atom is -0.506 e. The summed E-state index contributed by atoms with van der Waals surface area (Å²) in [7, 11) is 0.